The molecule has 1 aliphatic rings. The minimum atomic E-state index is -0.617. The first-order valence-corrected chi connectivity index (χ1v) is 9.21. The molecule has 0 bridgehead atoms. The van der Waals surface area contributed by atoms with Gasteiger partial charge in [0.15, 0.2) is 0 Å². The smallest absolute Gasteiger partial charge is 0.338 e. The number of carbonyl (C=O) groups excluding carboxylic acids is 2. The zero-order valence-electron chi connectivity index (χ0n) is 15.4. The van der Waals surface area contributed by atoms with Crippen LogP contribution < -0.4 is 10.6 Å². The van der Waals surface area contributed by atoms with Gasteiger partial charge in [0.25, 0.3) is 0 Å². The molecule has 0 aromatic heterocycles. The van der Waals surface area contributed by atoms with E-state index in [1.165, 1.54) is 0 Å². The highest BCUT2D eigenvalue weighted by molar-refractivity contribution is 6.05. The normalized spacial score (nSPS) is 16.5. The second kappa shape index (κ2) is 7.56. The molecule has 1 heterocycles. The van der Waals surface area contributed by atoms with E-state index in [2.05, 4.69) is 10.6 Å². The van der Waals surface area contributed by atoms with Crippen molar-refractivity contribution in [1.82, 2.24) is 10.6 Å². The van der Waals surface area contributed by atoms with Gasteiger partial charge in [-0.15, -0.1) is 0 Å². The second-order valence-electron chi connectivity index (χ2n) is 6.48. The van der Waals surface area contributed by atoms with Gasteiger partial charge in [-0.25, -0.2) is 9.59 Å². The summed E-state index contributed by atoms with van der Waals surface area (Å²) < 4.78 is 5.34. The van der Waals surface area contributed by atoms with Crippen LogP contribution in [-0.4, -0.2) is 18.6 Å². The summed E-state index contributed by atoms with van der Waals surface area (Å²) in [5.74, 6) is -0.452. The Balaban J connectivity index is 1.96. The summed E-state index contributed by atoms with van der Waals surface area (Å²) in [7, 11) is 0. The third kappa shape index (κ3) is 3.22. The highest BCUT2D eigenvalue weighted by atomic mass is 16.5. The lowest BCUT2D eigenvalue weighted by Crippen LogP contribution is -2.45. The number of hydrogen-bond acceptors (Lipinski definition) is 3. The van der Waals surface area contributed by atoms with Crippen molar-refractivity contribution in [3.63, 3.8) is 0 Å². The standard InChI is InChI=1S/C23H20N2O3/c1-2-28-22(26)19-20(16-10-4-3-5-11-16)24-23(27)25-21(19)18-14-8-12-15-9-6-7-13-17(15)18/h3-14,21H,2H2,1H3,(H2,24,25,27). The van der Waals surface area contributed by atoms with Gasteiger partial charge in [0.1, 0.15) is 0 Å². The van der Waals surface area contributed by atoms with Crippen molar-refractivity contribution in [1.29, 1.82) is 0 Å². The van der Waals surface area contributed by atoms with E-state index in [0.717, 1.165) is 21.9 Å². The first kappa shape index (κ1) is 17.8. The van der Waals surface area contributed by atoms with E-state index in [1.54, 1.807) is 6.92 Å². The van der Waals surface area contributed by atoms with Gasteiger partial charge in [-0.1, -0.05) is 72.8 Å². The first-order chi connectivity index (χ1) is 13.7. The number of ether oxygens (including phenoxy) is 1. The molecule has 4 rings (SSSR count). The topological polar surface area (TPSA) is 67.4 Å². The van der Waals surface area contributed by atoms with Crippen LogP contribution in [-0.2, 0) is 9.53 Å². The van der Waals surface area contributed by atoms with Crippen molar-refractivity contribution < 1.29 is 14.3 Å². The number of benzene rings is 3. The fourth-order valence-electron chi connectivity index (χ4n) is 3.56. The molecule has 1 aliphatic heterocycles. The van der Waals surface area contributed by atoms with E-state index in [0.29, 0.717) is 11.3 Å². The van der Waals surface area contributed by atoms with Crippen molar-refractivity contribution in [2.75, 3.05) is 6.61 Å². The van der Waals surface area contributed by atoms with Crippen LogP contribution >= 0.6 is 0 Å². The highest BCUT2D eigenvalue weighted by Crippen LogP contribution is 2.35. The lowest BCUT2D eigenvalue weighted by molar-refractivity contribution is -0.138. The van der Waals surface area contributed by atoms with E-state index in [4.69, 9.17) is 4.74 Å². The number of urea groups is 1. The van der Waals surface area contributed by atoms with Gasteiger partial charge in [-0.2, -0.15) is 0 Å². The molecule has 0 saturated heterocycles. The van der Waals surface area contributed by atoms with Crippen molar-refractivity contribution in [3.05, 3.63) is 89.5 Å². The van der Waals surface area contributed by atoms with Gasteiger partial charge in [0.2, 0.25) is 0 Å². The maximum absolute atomic E-state index is 12.9. The maximum Gasteiger partial charge on any atom is 0.338 e. The Bertz CT molecular complexity index is 1070. The molecule has 2 N–H and O–H groups in total. The first-order valence-electron chi connectivity index (χ1n) is 9.21. The zero-order chi connectivity index (χ0) is 19.5. The van der Waals surface area contributed by atoms with Gasteiger partial charge in [0.05, 0.1) is 23.9 Å². The Morgan fingerprint density at radius 3 is 2.46 bits per heavy atom. The largest absolute Gasteiger partial charge is 0.463 e. The molecule has 3 aromatic carbocycles. The van der Waals surface area contributed by atoms with Gasteiger partial charge >= 0.3 is 12.0 Å². The van der Waals surface area contributed by atoms with Crippen LogP contribution in [0.3, 0.4) is 0 Å². The number of esters is 1. The van der Waals surface area contributed by atoms with E-state index in [1.807, 2.05) is 72.8 Å². The molecule has 2 amide bonds. The third-order valence-electron chi connectivity index (χ3n) is 4.76. The number of carbonyl (C=O) groups is 2. The minimum absolute atomic E-state index is 0.251. The van der Waals surface area contributed by atoms with Crippen molar-refractivity contribution >= 4 is 28.5 Å². The maximum atomic E-state index is 12.9. The Morgan fingerprint density at radius 2 is 1.68 bits per heavy atom. The Kier molecular flexibility index (Phi) is 4.81. The fourth-order valence-corrected chi connectivity index (χ4v) is 3.56. The predicted molar refractivity (Wildman–Crippen MR) is 108 cm³/mol. The van der Waals surface area contributed by atoms with E-state index >= 15 is 0 Å². The van der Waals surface area contributed by atoms with Gasteiger partial charge in [-0.3, -0.25) is 0 Å². The molecule has 1 atom stereocenters. The van der Waals surface area contributed by atoms with E-state index in [-0.39, 0.29) is 12.6 Å². The summed E-state index contributed by atoms with van der Waals surface area (Å²) in [6, 6.07) is 22.1. The lowest BCUT2D eigenvalue weighted by atomic mass is 9.89. The number of hydrogen-bond donors (Lipinski definition) is 2. The SMILES string of the molecule is CCOC(=O)C1=C(c2ccccc2)NC(=O)NC1c1cccc2ccccc12. The average molecular weight is 372 g/mol. The monoisotopic (exact) mass is 372 g/mol. The Labute approximate surface area is 163 Å². The van der Waals surface area contributed by atoms with Crippen molar-refractivity contribution in [3.8, 4) is 0 Å². The van der Waals surface area contributed by atoms with E-state index < -0.39 is 12.0 Å². The molecule has 140 valence electrons. The molecule has 0 fully saturated rings. The number of fused-ring (bicyclic) bond motifs is 1. The summed E-state index contributed by atoms with van der Waals surface area (Å²) in [4.78, 5) is 25.4. The summed E-state index contributed by atoms with van der Waals surface area (Å²) in [6.45, 7) is 2.02. The lowest BCUT2D eigenvalue weighted by Gasteiger charge is -2.30. The predicted octanol–water partition coefficient (Wildman–Crippen LogP) is 4.17. The number of amides is 2. The number of nitrogens with one attached hydrogen (secondary N) is 2. The molecule has 5 nitrogen and oxygen atoms in total. The average Bonchev–Trinajstić information content (AvgIpc) is 2.73. The quantitative estimate of drug-likeness (QED) is 0.676. The van der Waals surface area contributed by atoms with Gasteiger partial charge in [-0.05, 0) is 28.8 Å². The van der Waals surface area contributed by atoms with Crippen LogP contribution in [0.4, 0.5) is 4.79 Å². The van der Waals surface area contributed by atoms with Gasteiger partial charge < -0.3 is 15.4 Å². The van der Waals surface area contributed by atoms with Crippen molar-refractivity contribution in [2.45, 2.75) is 13.0 Å². The van der Waals surface area contributed by atoms with Crippen molar-refractivity contribution in [2.24, 2.45) is 0 Å². The van der Waals surface area contributed by atoms with E-state index in [9.17, 15) is 9.59 Å². The third-order valence-corrected chi connectivity index (χ3v) is 4.76. The van der Waals surface area contributed by atoms with Gasteiger partial charge in [0, 0.05) is 0 Å². The van der Waals surface area contributed by atoms with Crippen LogP contribution in [0, 0.1) is 0 Å². The molecular formula is C23H20N2O3. The molecule has 0 radical (unpaired) electrons. The minimum Gasteiger partial charge on any atom is -0.463 e. The second-order valence-corrected chi connectivity index (χ2v) is 6.48. The Hall–Kier alpha value is -3.60. The molecule has 0 saturated carbocycles. The molecule has 28 heavy (non-hydrogen) atoms. The Morgan fingerprint density at radius 1 is 0.964 bits per heavy atom. The van der Waals surface area contributed by atoms with Crippen LogP contribution in [0.2, 0.25) is 0 Å². The van der Waals surface area contributed by atoms with Crippen LogP contribution in [0.1, 0.15) is 24.1 Å². The molecule has 0 spiro atoms. The molecule has 5 heteroatoms. The molecular weight excluding hydrogens is 352 g/mol. The zero-order valence-corrected chi connectivity index (χ0v) is 15.4. The number of rotatable bonds is 4. The van der Waals surface area contributed by atoms with Crippen LogP contribution in [0.25, 0.3) is 16.5 Å². The summed E-state index contributed by atoms with van der Waals surface area (Å²) in [6.07, 6.45) is 0. The molecule has 0 aliphatic carbocycles. The molecule has 1 unspecified atom stereocenters. The summed E-state index contributed by atoms with van der Waals surface area (Å²) in [5, 5.41) is 7.72. The highest BCUT2D eigenvalue weighted by Gasteiger charge is 2.35. The molecule has 3 aromatic rings. The van der Waals surface area contributed by atoms with Crippen LogP contribution in [0.15, 0.2) is 78.4 Å². The fraction of sp³-hybridized carbons (Fsp3) is 0.130. The summed E-state index contributed by atoms with van der Waals surface area (Å²) in [5.41, 5.74) is 2.47. The summed E-state index contributed by atoms with van der Waals surface area (Å²) >= 11 is 0. The van der Waals surface area contributed by atoms with Crippen LogP contribution in [0.5, 0.6) is 0 Å².